The molecule has 0 fully saturated rings. The van der Waals surface area contributed by atoms with E-state index >= 15 is 0 Å². The highest BCUT2D eigenvalue weighted by Crippen LogP contribution is 2.30. The zero-order chi connectivity index (χ0) is 14.9. The van der Waals surface area contributed by atoms with E-state index in [1.165, 1.54) is 25.1 Å². The molecule has 0 radical (unpaired) electrons. The Kier molecular flexibility index (Phi) is 3.51. The zero-order valence-corrected chi connectivity index (χ0v) is 10.4. The van der Waals surface area contributed by atoms with Gasteiger partial charge in [0.05, 0.1) is 35.2 Å². The normalized spacial score (nSPS) is 13.0. The zero-order valence-electron chi connectivity index (χ0n) is 10.4. The third-order valence-corrected chi connectivity index (χ3v) is 2.77. The van der Waals surface area contributed by atoms with Crippen molar-refractivity contribution in [3.8, 4) is 11.8 Å². The van der Waals surface area contributed by atoms with E-state index in [4.69, 9.17) is 5.26 Å². The van der Waals surface area contributed by atoms with Gasteiger partial charge in [-0.25, -0.2) is 4.68 Å². The minimum atomic E-state index is -4.49. The topological polar surface area (TPSA) is 61.8 Å². The van der Waals surface area contributed by atoms with Gasteiger partial charge < -0.3 is 5.11 Å². The lowest BCUT2D eigenvalue weighted by Gasteiger charge is -2.12. The summed E-state index contributed by atoms with van der Waals surface area (Å²) in [6, 6.07) is 6.26. The number of hydrogen-bond acceptors (Lipinski definition) is 3. The van der Waals surface area contributed by atoms with Crippen molar-refractivity contribution in [2.45, 2.75) is 19.2 Å². The van der Waals surface area contributed by atoms with E-state index in [2.05, 4.69) is 5.10 Å². The molecule has 0 aliphatic carbocycles. The Morgan fingerprint density at radius 3 is 2.60 bits per heavy atom. The molecule has 1 N–H and O–H groups in total. The fourth-order valence-electron chi connectivity index (χ4n) is 1.77. The van der Waals surface area contributed by atoms with E-state index in [-0.39, 0.29) is 11.3 Å². The van der Waals surface area contributed by atoms with Crippen molar-refractivity contribution in [1.82, 2.24) is 9.78 Å². The van der Waals surface area contributed by atoms with Gasteiger partial charge in [0.1, 0.15) is 0 Å². The molecule has 0 amide bonds. The van der Waals surface area contributed by atoms with Crippen LogP contribution in [0.5, 0.6) is 0 Å². The number of aliphatic hydroxyl groups is 1. The van der Waals surface area contributed by atoms with Gasteiger partial charge in [0.25, 0.3) is 0 Å². The molecule has 2 rings (SSSR count). The summed E-state index contributed by atoms with van der Waals surface area (Å²) in [4.78, 5) is 0. The van der Waals surface area contributed by atoms with Gasteiger partial charge in [-0.15, -0.1) is 0 Å². The van der Waals surface area contributed by atoms with Crippen molar-refractivity contribution in [3.63, 3.8) is 0 Å². The van der Waals surface area contributed by atoms with Crippen LogP contribution in [-0.2, 0) is 6.18 Å². The molecule has 20 heavy (non-hydrogen) atoms. The maximum absolute atomic E-state index is 12.6. The van der Waals surface area contributed by atoms with Crippen molar-refractivity contribution in [3.05, 3.63) is 47.3 Å². The van der Waals surface area contributed by atoms with Gasteiger partial charge in [-0.1, -0.05) is 6.07 Å². The third-order valence-electron chi connectivity index (χ3n) is 2.77. The van der Waals surface area contributed by atoms with Crippen LogP contribution in [0.15, 0.2) is 30.6 Å². The second kappa shape index (κ2) is 4.98. The first-order chi connectivity index (χ1) is 9.32. The number of hydrogen-bond donors (Lipinski definition) is 1. The van der Waals surface area contributed by atoms with Gasteiger partial charge >= 0.3 is 6.18 Å². The molecule has 7 heteroatoms. The van der Waals surface area contributed by atoms with E-state index in [0.717, 1.165) is 10.9 Å². The van der Waals surface area contributed by atoms with Crippen molar-refractivity contribution < 1.29 is 18.3 Å². The molecule has 0 aliphatic heterocycles. The van der Waals surface area contributed by atoms with E-state index in [1.807, 2.05) is 6.07 Å². The van der Waals surface area contributed by atoms with Gasteiger partial charge in [0, 0.05) is 11.8 Å². The number of halogens is 3. The van der Waals surface area contributed by atoms with Crippen LogP contribution in [0.25, 0.3) is 5.69 Å². The second-order valence-electron chi connectivity index (χ2n) is 4.23. The predicted molar refractivity (Wildman–Crippen MR) is 63.9 cm³/mol. The van der Waals surface area contributed by atoms with Crippen LogP contribution < -0.4 is 0 Å². The molecule has 1 heterocycles. The first-order valence-corrected chi connectivity index (χ1v) is 5.67. The van der Waals surface area contributed by atoms with Crippen LogP contribution in [-0.4, -0.2) is 14.9 Å². The molecule has 2 aromatic rings. The van der Waals surface area contributed by atoms with Crippen molar-refractivity contribution in [2.24, 2.45) is 0 Å². The van der Waals surface area contributed by atoms with Crippen molar-refractivity contribution >= 4 is 0 Å². The van der Waals surface area contributed by atoms with E-state index in [9.17, 15) is 18.3 Å². The van der Waals surface area contributed by atoms with Crippen LogP contribution in [0.4, 0.5) is 13.2 Å². The first kappa shape index (κ1) is 14.1. The smallest absolute Gasteiger partial charge is 0.389 e. The number of aromatic nitrogens is 2. The fraction of sp³-hybridized carbons (Fsp3) is 0.231. The maximum Gasteiger partial charge on any atom is 0.419 e. The monoisotopic (exact) mass is 281 g/mol. The average molecular weight is 281 g/mol. The number of nitrogens with zero attached hydrogens (tertiary/aromatic N) is 3. The fourth-order valence-corrected chi connectivity index (χ4v) is 1.77. The average Bonchev–Trinajstić information content (AvgIpc) is 2.87. The minimum Gasteiger partial charge on any atom is -0.389 e. The largest absolute Gasteiger partial charge is 0.419 e. The molecule has 0 aliphatic rings. The number of rotatable bonds is 2. The van der Waals surface area contributed by atoms with E-state index in [0.29, 0.717) is 11.8 Å². The van der Waals surface area contributed by atoms with Crippen LogP contribution in [0.3, 0.4) is 0 Å². The standard InChI is InChI=1S/C13H10F3N3O/c1-8(20)11-3-2-9(5-17)4-12(11)19-7-10(6-18-19)13(14,15)16/h2-4,6-8,20H,1H3/t8-/m1/s1. The molecule has 1 aromatic carbocycles. The lowest BCUT2D eigenvalue weighted by atomic mass is 10.1. The Morgan fingerprint density at radius 1 is 1.40 bits per heavy atom. The molecule has 0 saturated heterocycles. The summed E-state index contributed by atoms with van der Waals surface area (Å²) in [6.45, 7) is 1.49. The number of benzene rings is 1. The van der Waals surface area contributed by atoms with Gasteiger partial charge in [-0.2, -0.15) is 23.5 Å². The highest BCUT2D eigenvalue weighted by molar-refractivity contribution is 5.48. The highest BCUT2D eigenvalue weighted by atomic mass is 19.4. The lowest BCUT2D eigenvalue weighted by molar-refractivity contribution is -0.137. The Balaban J connectivity index is 2.56. The minimum absolute atomic E-state index is 0.245. The van der Waals surface area contributed by atoms with Gasteiger partial charge in [0.2, 0.25) is 0 Å². The van der Waals surface area contributed by atoms with Gasteiger partial charge in [-0.05, 0) is 19.1 Å². The molecule has 0 spiro atoms. The SMILES string of the molecule is C[C@@H](O)c1ccc(C#N)cc1-n1cc(C(F)(F)F)cn1. The molecule has 104 valence electrons. The summed E-state index contributed by atoms with van der Waals surface area (Å²) < 4.78 is 38.7. The van der Waals surface area contributed by atoms with E-state index < -0.39 is 17.8 Å². The summed E-state index contributed by atoms with van der Waals surface area (Å²) in [5, 5.41) is 22.1. The summed E-state index contributed by atoms with van der Waals surface area (Å²) >= 11 is 0. The highest BCUT2D eigenvalue weighted by Gasteiger charge is 2.32. The Hall–Kier alpha value is -2.33. The molecule has 0 saturated carbocycles. The lowest BCUT2D eigenvalue weighted by Crippen LogP contribution is -2.05. The van der Waals surface area contributed by atoms with Gasteiger partial charge in [0.15, 0.2) is 0 Å². The Morgan fingerprint density at radius 2 is 2.10 bits per heavy atom. The van der Waals surface area contributed by atoms with Crippen LogP contribution in [0, 0.1) is 11.3 Å². The molecule has 0 bridgehead atoms. The molecule has 4 nitrogen and oxygen atoms in total. The molecular weight excluding hydrogens is 271 g/mol. The van der Waals surface area contributed by atoms with Crippen LogP contribution >= 0.6 is 0 Å². The number of nitriles is 1. The molecule has 0 unspecified atom stereocenters. The summed E-state index contributed by atoms with van der Waals surface area (Å²) in [6.07, 6.45) is -3.86. The third kappa shape index (κ3) is 2.65. The van der Waals surface area contributed by atoms with Crippen LogP contribution in [0.1, 0.15) is 29.7 Å². The summed E-state index contributed by atoms with van der Waals surface area (Å²) in [5.74, 6) is 0. The number of alkyl halides is 3. The Bertz CT molecular complexity index is 668. The predicted octanol–water partition coefficient (Wildman–Crippen LogP) is 2.82. The molecular formula is C13H10F3N3O. The second-order valence-corrected chi connectivity index (χ2v) is 4.23. The summed E-state index contributed by atoms with van der Waals surface area (Å²) in [7, 11) is 0. The Labute approximate surface area is 112 Å². The molecule has 1 atom stereocenters. The maximum atomic E-state index is 12.6. The van der Waals surface area contributed by atoms with E-state index in [1.54, 1.807) is 0 Å². The van der Waals surface area contributed by atoms with Gasteiger partial charge in [-0.3, -0.25) is 0 Å². The quantitative estimate of drug-likeness (QED) is 0.920. The number of aliphatic hydroxyl groups excluding tert-OH is 1. The van der Waals surface area contributed by atoms with Crippen LogP contribution in [0.2, 0.25) is 0 Å². The van der Waals surface area contributed by atoms with Crippen molar-refractivity contribution in [1.29, 1.82) is 5.26 Å². The summed E-state index contributed by atoms with van der Waals surface area (Å²) in [5.41, 5.74) is 0.0141. The molecule has 1 aromatic heterocycles. The van der Waals surface area contributed by atoms with Crippen molar-refractivity contribution in [2.75, 3.05) is 0 Å². The first-order valence-electron chi connectivity index (χ1n) is 5.67.